The molecule has 2 aliphatic rings. The Morgan fingerprint density at radius 1 is 1.24 bits per heavy atom. The number of anilines is 1. The molecule has 3 nitrogen and oxygen atoms in total. The molecule has 0 aliphatic carbocycles. The van der Waals surface area contributed by atoms with Crippen molar-refractivity contribution >= 4 is 28.8 Å². The molecule has 0 atom stereocenters. The molecule has 0 radical (unpaired) electrons. The third-order valence-corrected chi connectivity index (χ3v) is 3.41. The number of carbonyl (C=O) groups is 1. The van der Waals surface area contributed by atoms with Crippen molar-refractivity contribution in [1.82, 2.24) is 0 Å². The Morgan fingerprint density at radius 2 is 2.00 bits per heavy atom. The summed E-state index contributed by atoms with van der Waals surface area (Å²) in [6.07, 6.45) is 1.68. The molecular formula is C13H12ClNO2. The molecule has 2 aliphatic heterocycles. The summed E-state index contributed by atoms with van der Waals surface area (Å²) >= 11 is 5.92. The molecule has 4 heteroatoms. The van der Waals surface area contributed by atoms with Crippen molar-refractivity contribution in [3.8, 4) is 0 Å². The summed E-state index contributed by atoms with van der Waals surface area (Å²) in [5.41, 5.74) is 3.79. The minimum absolute atomic E-state index is 0.0147. The molecule has 1 amide bonds. The minimum atomic E-state index is -0.0147. The van der Waals surface area contributed by atoms with Gasteiger partial charge in [0, 0.05) is 16.2 Å². The molecule has 0 aromatic heterocycles. The minimum Gasteiger partial charge on any atom is -0.381 e. The van der Waals surface area contributed by atoms with E-state index in [-0.39, 0.29) is 5.91 Å². The molecule has 2 heterocycles. The predicted molar refractivity (Wildman–Crippen MR) is 67.1 cm³/mol. The van der Waals surface area contributed by atoms with Crippen LogP contribution >= 0.6 is 11.6 Å². The van der Waals surface area contributed by atoms with Crippen molar-refractivity contribution in [2.45, 2.75) is 12.8 Å². The van der Waals surface area contributed by atoms with Crippen LogP contribution in [0.25, 0.3) is 5.57 Å². The molecule has 1 fully saturated rings. The Balaban J connectivity index is 2.10. The second-order valence-electron chi connectivity index (χ2n) is 4.23. The number of carbonyl (C=O) groups excluding carboxylic acids is 1. The highest BCUT2D eigenvalue weighted by molar-refractivity contribution is 6.34. The number of benzene rings is 1. The molecule has 17 heavy (non-hydrogen) atoms. The standard InChI is InChI=1S/C13H12ClNO2/c14-9-1-2-10-11(7-9)15-13(16)12(10)8-3-5-17-6-4-8/h1-2,7H,3-6H2,(H,15,16). The zero-order valence-corrected chi connectivity index (χ0v) is 10.0. The molecule has 0 saturated carbocycles. The Hall–Kier alpha value is -1.32. The lowest BCUT2D eigenvalue weighted by Crippen LogP contribution is -2.12. The average Bonchev–Trinajstić information content (AvgIpc) is 2.65. The first kappa shape index (κ1) is 10.8. The molecule has 0 bridgehead atoms. The van der Waals surface area contributed by atoms with E-state index in [1.807, 2.05) is 12.1 Å². The van der Waals surface area contributed by atoms with Crippen LogP contribution in [-0.2, 0) is 9.53 Å². The summed E-state index contributed by atoms with van der Waals surface area (Å²) in [7, 11) is 0. The molecule has 1 aromatic rings. The van der Waals surface area contributed by atoms with E-state index in [2.05, 4.69) is 5.32 Å². The van der Waals surface area contributed by atoms with Crippen LogP contribution in [-0.4, -0.2) is 19.1 Å². The van der Waals surface area contributed by atoms with E-state index in [1.54, 1.807) is 6.07 Å². The van der Waals surface area contributed by atoms with E-state index in [0.717, 1.165) is 29.7 Å². The molecule has 0 unspecified atom stereocenters. The van der Waals surface area contributed by atoms with Crippen LogP contribution < -0.4 is 5.32 Å². The third kappa shape index (κ3) is 1.85. The third-order valence-electron chi connectivity index (χ3n) is 3.18. The second kappa shape index (κ2) is 4.17. The molecule has 1 N–H and O–H groups in total. The Kier molecular flexibility index (Phi) is 2.65. The van der Waals surface area contributed by atoms with Crippen LogP contribution in [0.4, 0.5) is 5.69 Å². The van der Waals surface area contributed by atoms with Gasteiger partial charge in [-0.2, -0.15) is 0 Å². The number of hydrogen-bond donors (Lipinski definition) is 1. The number of amides is 1. The van der Waals surface area contributed by atoms with Gasteiger partial charge in [0.15, 0.2) is 0 Å². The quantitative estimate of drug-likeness (QED) is 0.718. The highest BCUT2D eigenvalue weighted by Crippen LogP contribution is 2.37. The maximum absolute atomic E-state index is 12.0. The monoisotopic (exact) mass is 249 g/mol. The van der Waals surface area contributed by atoms with E-state index in [0.29, 0.717) is 18.2 Å². The van der Waals surface area contributed by atoms with Crippen molar-refractivity contribution in [3.05, 3.63) is 34.4 Å². The first-order valence-corrected chi connectivity index (χ1v) is 6.04. The zero-order chi connectivity index (χ0) is 11.8. The van der Waals surface area contributed by atoms with Gasteiger partial charge in [-0.05, 0) is 25.0 Å². The number of halogens is 1. The van der Waals surface area contributed by atoms with E-state index < -0.39 is 0 Å². The lowest BCUT2D eigenvalue weighted by molar-refractivity contribution is -0.110. The SMILES string of the molecule is O=C1Nc2cc(Cl)ccc2C1=C1CCOCC1. The van der Waals surface area contributed by atoms with Gasteiger partial charge in [-0.1, -0.05) is 23.2 Å². The lowest BCUT2D eigenvalue weighted by Gasteiger charge is -2.16. The fourth-order valence-corrected chi connectivity index (χ4v) is 2.54. The van der Waals surface area contributed by atoms with Gasteiger partial charge in [0.05, 0.1) is 18.9 Å². The average molecular weight is 250 g/mol. The number of ether oxygens (including phenoxy) is 1. The fraction of sp³-hybridized carbons (Fsp3) is 0.308. The van der Waals surface area contributed by atoms with Crippen molar-refractivity contribution < 1.29 is 9.53 Å². The number of fused-ring (bicyclic) bond motifs is 1. The van der Waals surface area contributed by atoms with Crippen molar-refractivity contribution in [2.24, 2.45) is 0 Å². The number of hydrogen-bond acceptors (Lipinski definition) is 2. The van der Waals surface area contributed by atoms with Crippen LogP contribution in [0.1, 0.15) is 18.4 Å². The van der Waals surface area contributed by atoms with Gasteiger partial charge < -0.3 is 10.1 Å². The van der Waals surface area contributed by atoms with Crippen LogP contribution in [0.2, 0.25) is 5.02 Å². The Labute approximate surface area is 104 Å². The van der Waals surface area contributed by atoms with Crippen LogP contribution in [0.5, 0.6) is 0 Å². The first-order chi connectivity index (χ1) is 8.25. The largest absolute Gasteiger partial charge is 0.381 e. The van der Waals surface area contributed by atoms with Gasteiger partial charge in [0.2, 0.25) is 0 Å². The van der Waals surface area contributed by atoms with Gasteiger partial charge in [-0.25, -0.2) is 0 Å². The summed E-state index contributed by atoms with van der Waals surface area (Å²) in [5, 5.41) is 3.50. The normalized spacial score (nSPS) is 19.2. The van der Waals surface area contributed by atoms with Gasteiger partial charge >= 0.3 is 0 Å². The number of rotatable bonds is 0. The van der Waals surface area contributed by atoms with Gasteiger partial charge in [0.25, 0.3) is 5.91 Å². The fourth-order valence-electron chi connectivity index (χ4n) is 2.36. The summed E-state index contributed by atoms with van der Waals surface area (Å²) < 4.78 is 5.31. The zero-order valence-electron chi connectivity index (χ0n) is 9.25. The van der Waals surface area contributed by atoms with E-state index >= 15 is 0 Å². The maximum Gasteiger partial charge on any atom is 0.256 e. The first-order valence-electron chi connectivity index (χ1n) is 5.67. The van der Waals surface area contributed by atoms with Crippen molar-refractivity contribution in [2.75, 3.05) is 18.5 Å². The van der Waals surface area contributed by atoms with Crippen LogP contribution in [0, 0.1) is 0 Å². The molecular weight excluding hydrogens is 238 g/mol. The van der Waals surface area contributed by atoms with Crippen molar-refractivity contribution in [1.29, 1.82) is 0 Å². The van der Waals surface area contributed by atoms with Crippen LogP contribution in [0.3, 0.4) is 0 Å². The van der Waals surface area contributed by atoms with Gasteiger partial charge in [-0.3, -0.25) is 4.79 Å². The summed E-state index contributed by atoms with van der Waals surface area (Å²) in [6.45, 7) is 1.41. The summed E-state index contributed by atoms with van der Waals surface area (Å²) in [5.74, 6) is -0.0147. The Morgan fingerprint density at radius 3 is 2.76 bits per heavy atom. The molecule has 1 aromatic carbocycles. The van der Waals surface area contributed by atoms with E-state index in [9.17, 15) is 4.79 Å². The number of nitrogens with one attached hydrogen (secondary N) is 1. The lowest BCUT2D eigenvalue weighted by atomic mass is 9.96. The van der Waals surface area contributed by atoms with Gasteiger partial charge in [-0.15, -0.1) is 0 Å². The smallest absolute Gasteiger partial charge is 0.256 e. The molecule has 3 rings (SSSR count). The predicted octanol–water partition coefficient (Wildman–Crippen LogP) is 2.86. The topological polar surface area (TPSA) is 38.3 Å². The van der Waals surface area contributed by atoms with Crippen LogP contribution in [0.15, 0.2) is 23.8 Å². The molecule has 1 saturated heterocycles. The van der Waals surface area contributed by atoms with Crippen molar-refractivity contribution in [3.63, 3.8) is 0 Å². The van der Waals surface area contributed by atoms with E-state index in [1.165, 1.54) is 5.57 Å². The summed E-state index contributed by atoms with van der Waals surface area (Å²) in [4.78, 5) is 12.0. The molecule has 0 spiro atoms. The highest BCUT2D eigenvalue weighted by Gasteiger charge is 2.27. The Bertz CT molecular complexity index is 514. The molecule has 88 valence electrons. The second-order valence-corrected chi connectivity index (χ2v) is 4.67. The maximum atomic E-state index is 12.0. The van der Waals surface area contributed by atoms with Gasteiger partial charge in [0.1, 0.15) is 0 Å². The highest BCUT2D eigenvalue weighted by atomic mass is 35.5. The van der Waals surface area contributed by atoms with E-state index in [4.69, 9.17) is 16.3 Å². The summed E-state index contributed by atoms with van der Waals surface area (Å²) in [6, 6.07) is 5.52.